The third-order valence-corrected chi connectivity index (χ3v) is 1.77. The summed E-state index contributed by atoms with van der Waals surface area (Å²) in [5.74, 6) is 3.01. The lowest BCUT2D eigenvalue weighted by molar-refractivity contribution is -0.140. The number of benzene rings is 1. The topological polar surface area (TPSA) is 98.9 Å². The Hall–Kier alpha value is -1.92. The molecular formula is C10H11NO5. The van der Waals surface area contributed by atoms with E-state index in [4.69, 9.17) is 11.0 Å². The number of ether oxygens (including phenoxy) is 1. The fourth-order valence-electron chi connectivity index (χ4n) is 1.04. The first-order valence-electron chi connectivity index (χ1n) is 4.43. The van der Waals surface area contributed by atoms with Gasteiger partial charge in [0.1, 0.15) is 0 Å². The average Bonchev–Trinajstić information content (AvgIpc) is 2.27. The fraction of sp³-hybridized carbons (Fsp3) is 0.200. The molecule has 0 amide bonds. The van der Waals surface area contributed by atoms with Crippen molar-refractivity contribution in [1.82, 2.24) is 0 Å². The van der Waals surface area contributed by atoms with Gasteiger partial charge >= 0.3 is 11.9 Å². The van der Waals surface area contributed by atoms with Crippen molar-refractivity contribution in [2.45, 2.75) is 6.61 Å². The van der Waals surface area contributed by atoms with Gasteiger partial charge in [-0.25, -0.2) is 15.5 Å². The Bertz CT molecular complexity index is 373. The van der Waals surface area contributed by atoms with Gasteiger partial charge in [-0.3, -0.25) is 4.84 Å². The van der Waals surface area contributed by atoms with E-state index in [0.717, 1.165) is 5.56 Å². The lowest BCUT2D eigenvalue weighted by Gasteiger charge is -2.03. The number of esters is 1. The summed E-state index contributed by atoms with van der Waals surface area (Å²) in [7, 11) is 0. The molecule has 0 aromatic heterocycles. The highest BCUT2D eigenvalue weighted by atomic mass is 16.6. The molecule has 0 radical (unpaired) electrons. The van der Waals surface area contributed by atoms with E-state index >= 15 is 0 Å². The average molecular weight is 225 g/mol. The number of carboxylic acids is 1. The van der Waals surface area contributed by atoms with Gasteiger partial charge in [-0.2, -0.15) is 0 Å². The lowest BCUT2D eigenvalue weighted by Crippen LogP contribution is -2.13. The molecule has 1 aromatic carbocycles. The molecule has 0 saturated carbocycles. The summed E-state index contributed by atoms with van der Waals surface area (Å²) >= 11 is 0. The largest absolute Gasteiger partial charge is 0.479 e. The summed E-state index contributed by atoms with van der Waals surface area (Å²) in [6.45, 7) is -0.406. The van der Waals surface area contributed by atoms with Crippen molar-refractivity contribution in [3.05, 3.63) is 35.4 Å². The van der Waals surface area contributed by atoms with Crippen molar-refractivity contribution in [1.29, 1.82) is 0 Å². The second-order valence-corrected chi connectivity index (χ2v) is 2.98. The van der Waals surface area contributed by atoms with Crippen molar-refractivity contribution in [2.75, 3.05) is 6.61 Å². The third-order valence-electron chi connectivity index (χ3n) is 1.77. The van der Waals surface area contributed by atoms with Crippen LogP contribution in [0.5, 0.6) is 0 Å². The van der Waals surface area contributed by atoms with Crippen molar-refractivity contribution in [2.24, 2.45) is 5.90 Å². The summed E-state index contributed by atoms with van der Waals surface area (Å²) in [5, 5.41) is 8.32. The molecule has 86 valence electrons. The highest BCUT2D eigenvalue weighted by Crippen LogP contribution is 2.06. The van der Waals surface area contributed by atoms with Crippen molar-refractivity contribution in [3.8, 4) is 0 Å². The first kappa shape index (κ1) is 12.2. The number of hydrogen-bond acceptors (Lipinski definition) is 5. The maximum Gasteiger partial charge on any atom is 0.341 e. The molecule has 0 aliphatic heterocycles. The van der Waals surface area contributed by atoms with Gasteiger partial charge in [-0.1, -0.05) is 12.1 Å². The van der Waals surface area contributed by atoms with E-state index in [1.54, 1.807) is 12.1 Å². The normalized spacial score (nSPS) is 9.81. The van der Waals surface area contributed by atoms with Gasteiger partial charge < -0.3 is 9.84 Å². The minimum atomic E-state index is -1.19. The van der Waals surface area contributed by atoms with Crippen LogP contribution in [0.25, 0.3) is 0 Å². The Morgan fingerprint density at radius 1 is 1.25 bits per heavy atom. The molecule has 0 heterocycles. The number of hydrogen-bond donors (Lipinski definition) is 2. The minimum Gasteiger partial charge on any atom is -0.479 e. The van der Waals surface area contributed by atoms with Crippen molar-refractivity contribution < 1.29 is 24.3 Å². The van der Waals surface area contributed by atoms with Crippen LogP contribution < -0.4 is 5.90 Å². The van der Waals surface area contributed by atoms with Crippen LogP contribution in [0.2, 0.25) is 0 Å². The first-order chi connectivity index (χ1) is 7.63. The molecule has 6 nitrogen and oxygen atoms in total. The molecule has 1 rings (SSSR count). The van der Waals surface area contributed by atoms with E-state index in [1.165, 1.54) is 12.1 Å². The molecule has 0 unspecified atom stereocenters. The second kappa shape index (κ2) is 5.84. The number of nitrogens with two attached hydrogens (primary N) is 1. The number of carboxylic acid groups (broad SMARTS) is 1. The SMILES string of the molecule is NOCc1ccc(C(=O)OCC(=O)O)cc1. The molecular weight excluding hydrogens is 214 g/mol. The Kier molecular flexibility index (Phi) is 4.43. The van der Waals surface area contributed by atoms with Crippen molar-refractivity contribution in [3.63, 3.8) is 0 Å². The van der Waals surface area contributed by atoms with Crippen LogP contribution >= 0.6 is 0 Å². The van der Waals surface area contributed by atoms with E-state index in [-0.39, 0.29) is 12.2 Å². The highest BCUT2D eigenvalue weighted by Gasteiger charge is 2.08. The molecule has 0 bridgehead atoms. The number of carbonyl (C=O) groups excluding carboxylic acids is 1. The smallest absolute Gasteiger partial charge is 0.341 e. The summed E-state index contributed by atoms with van der Waals surface area (Å²) in [5.41, 5.74) is 1.08. The van der Waals surface area contributed by atoms with E-state index < -0.39 is 18.5 Å². The Morgan fingerprint density at radius 3 is 2.38 bits per heavy atom. The third kappa shape index (κ3) is 3.68. The van der Waals surface area contributed by atoms with E-state index in [1.807, 2.05) is 0 Å². The van der Waals surface area contributed by atoms with Gasteiger partial charge in [-0.15, -0.1) is 0 Å². The van der Waals surface area contributed by atoms with E-state index in [0.29, 0.717) is 0 Å². The van der Waals surface area contributed by atoms with Gasteiger partial charge in [0.25, 0.3) is 0 Å². The molecule has 0 fully saturated rings. The highest BCUT2D eigenvalue weighted by molar-refractivity contribution is 5.90. The lowest BCUT2D eigenvalue weighted by atomic mass is 10.1. The molecule has 0 saturated heterocycles. The standard InChI is InChI=1S/C10H11NO5/c11-16-5-7-1-3-8(4-2-7)10(14)15-6-9(12)13/h1-4H,5-6,11H2,(H,12,13). The molecule has 0 atom stereocenters. The van der Waals surface area contributed by atoms with Crippen LogP contribution in [0.1, 0.15) is 15.9 Å². The van der Waals surface area contributed by atoms with E-state index in [9.17, 15) is 9.59 Å². The van der Waals surface area contributed by atoms with Gasteiger partial charge in [0.15, 0.2) is 6.61 Å². The fourth-order valence-corrected chi connectivity index (χ4v) is 1.04. The number of carbonyl (C=O) groups is 2. The van der Waals surface area contributed by atoms with Gasteiger partial charge in [0.05, 0.1) is 12.2 Å². The summed E-state index contributed by atoms with van der Waals surface area (Å²) in [6, 6.07) is 6.31. The zero-order valence-electron chi connectivity index (χ0n) is 8.38. The Labute approximate surface area is 91.5 Å². The number of aliphatic carboxylic acids is 1. The molecule has 16 heavy (non-hydrogen) atoms. The summed E-state index contributed by atoms with van der Waals surface area (Å²) in [4.78, 5) is 25.9. The first-order valence-corrected chi connectivity index (χ1v) is 4.43. The van der Waals surface area contributed by atoms with Crippen LogP contribution in [0, 0.1) is 0 Å². The molecule has 0 spiro atoms. The maximum absolute atomic E-state index is 11.3. The second-order valence-electron chi connectivity index (χ2n) is 2.98. The van der Waals surface area contributed by atoms with Crippen LogP contribution in [0.3, 0.4) is 0 Å². The molecule has 0 aliphatic rings. The van der Waals surface area contributed by atoms with Gasteiger partial charge in [0.2, 0.25) is 0 Å². The summed E-state index contributed by atoms with van der Waals surface area (Å²) < 4.78 is 4.49. The predicted molar refractivity (Wildman–Crippen MR) is 53.3 cm³/mol. The molecule has 1 aromatic rings. The Morgan fingerprint density at radius 2 is 1.88 bits per heavy atom. The summed E-state index contributed by atoms with van der Waals surface area (Å²) in [6.07, 6.45) is 0. The quantitative estimate of drug-likeness (QED) is 0.553. The van der Waals surface area contributed by atoms with Gasteiger partial charge in [-0.05, 0) is 17.7 Å². The van der Waals surface area contributed by atoms with Crippen LogP contribution in [-0.2, 0) is 21.0 Å². The van der Waals surface area contributed by atoms with Crippen molar-refractivity contribution >= 4 is 11.9 Å². The molecule has 6 heteroatoms. The minimum absolute atomic E-state index is 0.241. The molecule has 3 N–H and O–H groups in total. The number of rotatable bonds is 5. The van der Waals surface area contributed by atoms with Gasteiger partial charge in [0, 0.05) is 0 Å². The van der Waals surface area contributed by atoms with Crippen LogP contribution in [-0.4, -0.2) is 23.7 Å². The monoisotopic (exact) mass is 225 g/mol. The predicted octanol–water partition coefficient (Wildman–Crippen LogP) is 0.318. The molecule has 0 aliphatic carbocycles. The maximum atomic E-state index is 11.3. The zero-order chi connectivity index (χ0) is 12.0. The zero-order valence-corrected chi connectivity index (χ0v) is 8.38. The Balaban J connectivity index is 2.59. The van der Waals surface area contributed by atoms with Crippen LogP contribution in [0.4, 0.5) is 0 Å². The van der Waals surface area contributed by atoms with Crippen LogP contribution in [0.15, 0.2) is 24.3 Å². The van der Waals surface area contributed by atoms with E-state index in [2.05, 4.69) is 9.57 Å².